The number of anilines is 2. The molecule has 1 heterocycles. The van der Waals surface area contributed by atoms with Crippen molar-refractivity contribution < 1.29 is 9.50 Å². The molecule has 2 unspecified atom stereocenters. The average Bonchev–Trinajstić information content (AvgIpc) is 2.64. The monoisotopic (exact) mass is 224 g/mol. The topological polar surface area (TPSA) is 49.5 Å². The minimum absolute atomic E-state index is 0.268. The van der Waals surface area contributed by atoms with Crippen LogP contribution >= 0.6 is 0 Å². The maximum atomic E-state index is 13.2. The highest BCUT2D eigenvalue weighted by atomic mass is 19.1. The quantitative estimate of drug-likeness (QED) is 0.750. The van der Waals surface area contributed by atoms with E-state index in [1.165, 1.54) is 12.1 Å². The van der Waals surface area contributed by atoms with Crippen LogP contribution in [-0.2, 0) is 0 Å². The molecule has 3 N–H and O–H groups in total. The smallest absolute Gasteiger partial charge is 0.127 e. The van der Waals surface area contributed by atoms with Gasteiger partial charge in [0.25, 0.3) is 0 Å². The van der Waals surface area contributed by atoms with Gasteiger partial charge >= 0.3 is 0 Å². The molecule has 0 aliphatic carbocycles. The molecule has 1 fully saturated rings. The van der Waals surface area contributed by atoms with E-state index in [4.69, 9.17) is 5.73 Å². The van der Waals surface area contributed by atoms with Crippen molar-refractivity contribution in [1.82, 2.24) is 0 Å². The van der Waals surface area contributed by atoms with Gasteiger partial charge in [-0.2, -0.15) is 0 Å². The molecule has 3 nitrogen and oxygen atoms in total. The molecule has 4 heteroatoms. The zero-order chi connectivity index (χ0) is 11.7. The maximum absolute atomic E-state index is 13.2. The number of nitrogens with zero attached hydrogens (tertiary/aromatic N) is 1. The van der Waals surface area contributed by atoms with Gasteiger partial charge in [0.15, 0.2) is 0 Å². The number of rotatable bonds is 2. The fourth-order valence-electron chi connectivity index (χ4n) is 2.19. The Morgan fingerprint density at radius 3 is 2.81 bits per heavy atom. The van der Waals surface area contributed by atoms with Gasteiger partial charge in [-0.05, 0) is 31.5 Å². The van der Waals surface area contributed by atoms with E-state index in [1.807, 2.05) is 0 Å². The Morgan fingerprint density at radius 1 is 1.50 bits per heavy atom. The average molecular weight is 224 g/mol. The van der Waals surface area contributed by atoms with Gasteiger partial charge in [-0.3, -0.25) is 0 Å². The summed E-state index contributed by atoms with van der Waals surface area (Å²) in [6.45, 7) is 3.41. The summed E-state index contributed by atoms with van der Waals surface area (Å²) in [6, 6.07) is 4.57. The first kappa shape index (κ1) is 11.2. The first-order valence-corrected chi connectivity index (χ1v) is 5.55. The lowest BCUT2D eigenvalue weighted by molar-refractivity contribution is 0.136. The Morgan fingerprint density at radius 2 is 2.25 bits per heavy atom. The summed E-state index contributed by atoms with van der Waals surface area (Å²) in [6.07, 6.45) is 0.629. The van der Waals surface area contributed by atoms with Crippen LogP contribution in [0.1, 0.15) is 13.3 Å². The maximum Gasteiger partial charge on any atom is 0.127 e. The standard InChI is InChI=1S/C12H17FN2O/c1-8(16)9-2-3-15(7-9)12-5-10(13)4-11(14)6-12/h4-6,8-9,16H,2-3,7,14H2,1H3. The number of aliphatic hydroxyl groups excluding tert-OH is 1. The molecule has 1 saturated heterocycles. The van der Waals surface area contributed by atoms with Crippen molar-refractivity contribution in [3.05, 3.63) is 24.0 Å². The molecule has 0 saturated carbocycles. The molecule has 2 atom stereocenters. The molecule has 1 aromatic carbocycles. The normalized spacial score (nSPS) is 22.4. The number of aliphatic hydroxyl groups is 1. The van der Waals surface area contributed by atoms with Crippen molar-refractivity contribution >= 4 is 11.4 Å². The Kier molecular flexibility index (Phi) is 3.01. The second-order valence-corrected chi connectivity index (χ2v) is 4.48. The van der Waals surface area contributed by atoms with Crippen LogP contribution in [-0.4, -0.2) is 24.3 Å². The van der Waals surface area contributed by atoms with E-state index in [9.17, 15) is 9.50 Å². The lowest BCUT2D eigenvalue weighted by Gasteiger charge is -2.20. The lowest BCUT2D eigenvalue weighted by Crippen LogP contribution is -2.24. The first-order valence-electron chi connectivity index (χ1n) is 5.55. The van der Waals surface area contributed by atoms with Gasteiger partial charge in [0.2, 0.25) is 0 Å². The van der Waals surface area contributed by atoms with Crippen molar-refractivity contribution in [2.45, 2.75) is 19.4 Å². The molecule has 1 aromatic rings. The lowest BCUT2D eigenvalue weighted by atomic mass is 10.0. The highest BCUT2D eigenvalue weighted by molar-refractivity contribution is 5.56. The summed E-state index contributed by atoms with van der Waals surface area (Å²) < 4.78 is 13.2. The highest BCUT2D eigenvalue weighted by Crippen LogP contribution is 2.27. The molecule has 0 bridgehead atoms. The third-order valence-corrected chi connectivity index (χ3v) is 3.18. The van der Waals surface area contributed by atoms with Crippen LogP contribution in [0.25, 0.3) is 0 Å². The van der Waals surface area contributed by atoms with E-state index in [0.29, 0.717) is 5.69 Å². The fourth-order valence-corrected chi connectivity index (χ4v) is 2.19. The minimum Gasteiger partial charge on any atom is -0.399 e. The molecular weight excluding hydrogens is 207 g/mol. The number of benzene rings is 1. The Hall–Kier alpha value is -1.29. The van der Waals surface area contributed by atoms with E-state index < -0.39 is 0 Å². The fraction of sp³-hybridized carbons (Fsp3) is 0.500. The summed E-state index contributed by atoms with van der Waals surface area (Å²) in [7, 11) is 0. The third-order valence-electron chi connectivity index (χ3n) is 3.18. The third kappa shape index (κ3) is 2.27. The van der Waals surface area contributed by atoms with Crippen LogP contribution in [0.5, 0.6) is 0 Å². The van der Waals surface area contributed by atoms with Crippen molar-refractivity contribution in [3.63, 3.8) is 0 Å². The van der Waals surface area contributed by atoms with E-state index in [1.54, 1.807) is 13.0 Å². The van der Waals surface area contributed by atoms with Crippen LogP contribution in [0.2, 0.25) is 0 Å². The van der Waals surface area contributed by atoms with Gasteiger partial charge in [-0.1, -0.05) is 0 Å². The largest absolute Gasteiger partial charge is 0.399 e. The van der Waals surface area contributed by atoms with Crippen molar-refractivity contribution in [2.75, 3.05) is 23.7 Å². The van der Waals surface area contributed by atoms with Crippen LogP contribution in [0.4, 0.5) is 15.8 Å². The number of nitrogen functional groups attached to an aromatic ring is 1. The van der Waals surface area contributed by atoms with E-state index in [-0.39, 0.29) is 17.8 Å². The molecule has 16 heavy (non-hydrogen) atoms. The zero-order valence-electron chi connectivity index (χ0n) is 9.36. The van der Waals surface area contributed by atoms with Crippen LogP contribution in [0.3, 0.4) is 0 Å². The van der Waals surface area contributed by atoms with E-state index >= 15 is 0 Å². The SMILES string of the molecule is CC(O)C1CCN(c2cc(N)cc(F)c2)C1. The van der Waals surface area contributed by atoms with Crippen molar-refractivity contribution in [3.8, 4) is 0 Å². The number of hydrogen-bond acceptors (Lipinski definition) is 3. The van der Waals surface area contributed by atoms with E-state index in [0.717, 1.165) is 25.2 Å². The molecule has 0 radical (unpaired) electrons. The molecule has 1 aliphatic rings. The van der Waals surface area contributed by atoms with Crippen molar-refractivity contribution in [1.29, 1.82) is 0 Å². The Bertz CT molecular complexity index is 361. The second kappa shape index (κ2) is 4.29. The van der Waals surface area contributed by atoms with E-state index in [2.05, 4.69) is 4.90 Å². The first-order chi connectivity index (χ1) is 7.56. The predicted octanol–water partition coefficient (Wildman–Crippen LogP) is 1.61. The summed E-state index contributed by atoms with van der Waals surface area (Å²) in [5.41, 5.74) is 6.85. The summed E-state index contributed by atoms with van der Waals surface area (Å²) in [5, 5.41) is 9.50. The van der Waals surface area contributed by atoms with Gasteiger partial charge in [0.05, 0.1) is 6.10 Å². The molecule has 88 valence electrons. The molecule has 2 rings (SSSR count). The minimum atomic E-state index is -0.310. The van der Waals surface area contributed by atoms with Gasteiger partial charge < -0.3 is 15.7 Å². The summed E-state index contributed by atoms with van der Waals surface area (Å²) in [5.74, 6) is -0.0417. The molecule has 0 amide bonds. The molecule has 1 aliphatic heterocycles. The summed E-state index contributed by atoms with van der Waals surface area (Å²) >= 11 is 0. The number of hydrogen-bond donors (Lipinski definition) is 2. The number of halogens is 1. The highest BCUT2D eigenvalue weighted by Gasteiger charge is 2.26. The molecule has 0 aromatic heterocycles. The van der Waals surface area contributed by atoms with Gasteiger partial charge in [-0.15, -0.1) is 0 Å². The zero-order valence-corrected chi connectivity index (χ0v) is 9.36. The molecule has 0 spiro atoms. The van der Waals surface area contributed by atoms with Gasteiger partial charge in [-0.25, -0.2) is 4.39 Å². The Balaban J connectivity index is 2.14. The van der Waals surface area contributed by atoms with Gasteiger partial charge in [0, 0.05) is 30.4 Å². The van der Waals surface area contributed by atoms with Crippen LogP contribution < -0.4 is 10.6 Å². The van der Waals surface area contributed by atoms with Crippen LogP contribution in [0.15, 0.2) is 18.2 Å². The predicted molar refractivity (Wildman–Crippen MR) is 62.8 cm³/mol. The molecular formula is C12H17FN2O. The van der Waals surface area contributed by atoms with Gasteiger partial charge in [0.1, 0.15) is 5.82 Å². The van der Waals surface area contributed by atoms with Crippen molar-refractivity contribution in [2.24, 2.45) is 5.92 Å². The summed E-state index contributed by atoms with van der Waals surface area (Å²) in [4.78, 5) is 2.07. The van der Waals surface area contributed by atoms with Crippen LogP contribution in [0, 0.1) is 11.7 Å². The number of nitrogens with two attached hydrogens (primary N) is 1. The Labute approximate surface area is 94.7 Å². The second-order valence-electron chi connectivity index (χ2n) is 4.48.